The van der Waals surface area contributed by atoms with Crippen LogP contribution in [0, 0.1) is 0 Å². The van der Waals surface area contributed by atoms with Crippen LogP contribution in [0.2, 0.25) is 0 Å². The van der Waals surface area contributed by atoms with Crippen molar-refractivity contribution in [1.82, 2.24) is 4.98 Å². The fourth-order valence-electron chi connectivity index (χ4n) is 3.27. The molecule has 0 spiro atoms. The van der Waals surface area contributed by atoms with Gasteiger partial charge in [0, 0.05) is 43.0 Å². The quantitative estimate of drug-likeness (QED) is 0.712. The average molecular weight is 359 g/mol. The van der Waals surface area contributed by atoms with Gasteiger partial charge in [-0.05, 0) is 49.4 Å². The van der Waals surface area contributed by atoms with Crippen LogP contribution in [0.3, 0.4) is 0 Å². The third-order valence-corrected chi connectivity index (χ3v) is 4.77. The van der Waals surface area contributed by atoms with Gasteiger partial charge in [-0.25, -0.2) is 0 Å². The Morgan fingerprint density at radius 1 is 1.20 bits per heavy atom. The number of hydrogen-bond donors (Lipinski definition) is 1. The van der Waals surface area contributed by atoms with Crippen molar-refractivity contribution in [3.05, 3.63) is 48.3 Å². The van der Waals surface area contributed by atoms with Crippen molar-refractivity contribution in [2.75, 3.05) is 24.3 Å². The molecule has 0 amide bonds. The molecule has 5 heteroatoms. The second-order valence-corrected chi connectivity index (χ2v) is 6.81. The first-order valence-corrected chi connectivity index (χ1v) is 9.53. The van der Waals surface area contributed by atoms with Crippen LogP contribution in [-0.2, 0) is 6.54 Å². The van der Waals surface area contributed by atoms with Gasteiger partial charge in [-0.2, -0.15) is 12.6 Å². The van der Waals surface area contributed by atoms with Crippen LogP contribution in [0.1, 0.15) is 31.2 Å². The summed E-state index contributed by atoms with van der Waals surface area (Å²) in [6.07, 6.45) is 8.77. The van der Waals surface area contributed by atoms with E-state index in [0.717, 1.165) is 48.9 Å². The SMILES string of the molecule is COc1ccc(N(CCS)Cc2cccnc2)cc1OC1CCCC1. The zero-order chi connectivity index (χ0) is 17.5. The van der Waals surface area contributed by atoms with Gasteiger partial charge in [0.05, 0.1) is 13.2 Å². The molecule has 0 N–H and O–H groups in total. The van der Waals surface area contributed by atoms with Gasteiger partial charge in [0.2, 0.25) is 0 Å². The molecule has 1 aromatic heterocycles. The minimum Gasteiger partial charge on any atom is -0.493 e. The van der Waals surface area contributed by atoms with E-state index in [4.69, 9.17) is 9.47 Å². The summed E-state index contributed by atoms with van der Waals surface area (Å²) in [7, 11) is 1.69. The smallest absolute Gasteiger partial charge is 0.163 e. The minimum absolute atomic E-state index is 0.306. The summed E-state index contributed by atoms with van der Waals surface area (Å²) in [5.41, 5.74) is 2.30. The highest BCUT2D eigenvalue weighted by Gasteiger charge is 2.19. The van der Waals surface area contributed by atoms with Crippen molar-refractivity contribution in [1.29, 1.82) is 0 Å². The van der Waals surface area contributed by atoms with Gasteiger partial charge in [0.25, 0.3) is 0 Å². The van der Waals surface area contributed by atoms with Crippen LogP contribution in [0.15, 0.2) is 42.7 Å². The third-order valence-electron chi connectivity index (χ3n) is 4.57. The average Bonchev–Trinajstić information content (AvgIpc) is 3.15. The lowest BCUT2D eigenvalue weighted by Crippen LogP contribution is -2.25. The summed E-state index contributed by atoms with van der Waals surface area (Å²) in [5.74, 6) is 2.41. The number of anilines is 1. The Morgan fingerprint density at radius 2 is 2.04 bits per heavy atom. The van der Waals surface area contributed by atoms with Gasteiger partial charge in [-0.1, -0.05) is 6.07 Å². The van der Waals surface area contributed by atoms with Gasteiger partial charge in [0.15, 0.2) is 11.5 Å². The number of aromatic nitrogens is 1. The molecule has 3 rings (SSSR count). The van der Waals surface area contributed by atoms with Crippen molar-refractivity contribution < 1.29 is 9.47 Å². The molecule has 1 fully saturated rings. The summed E-state index contributed by atoms with van der Waals surface area (Å²) < 4.78 is 11.7. The number of rotatable bonds is 8. The number of hydrogen-bond acceptors (Lipinski definition) is 5. The maximum Gasteiger partial charge on any atom is 0.163 e. The zero-order valence-corrected chi connectivity index (χ0v) is 15.6. The van der Waals surface area contributed by atoms with Crippen molar-refractivity contribution in [2.45, 2.75) is 38.3 Å². The van der Waals surface area contributed by atoms with E-state index in [2.05, 4.69) is 40.7 Å². The van der Waals surface area contributed by atoms with E-state index in [-0.39, 0.29) is 0 Å². The standard InChI is InChI=1S/C20H26N2O2S/c1-23-19-9-8-17(13-20(19)24-18-6-2-3-7-18)22(11-12-25)15-16-5-4-10-21-14-16/h4-5,8-10,13-14,18,25H,2-3,6-7,11-12,15H2,1H3. The summed E-state index contributed by atoms with van der Waals surface area (Å²) in [6.45, 7) is 1.65. The fourth-order valence-corrected chi connectivity index (χ4v) is 3.51. The molecule has 0 aliphatic heterocycles. The van der Waals surface area contributed by atoms with Crippen LogP contribution in [-0.4, -0.2) is 30.5 Å². The van der Waals surface area contributed by atoms with Crippen molar-refractivity contribution in [3.8, 4) is 11.5 Å². The van der Waals surface area contributed by atoms with E-state index in [9.17, 15) is 0 Å². The Balaban J connectivity index is 1.82. The molecule has 2 aromatic rings. The molecule has 25 heavy (non-hydrogen) atoms. The van der Waals surface area contributed by atoms with Gasteiger partial charge in [0.1, 0.15) is 0 Å². The molecular formula is C20H26N2O2S. The fraction of sp³-hybridized carbons (Fsp3) is 0.450. The zero-order valence-electron chi connectivity index (χ0n) is 14.7. The molecule has 0 unspecified atom stereocenters. The molecule has 1 heterocycles. The van der Waals surface area contributed by atoms with Crippen LogP contribution >= 0.6 is 12.6 Å². The number of ether oxygens (including phenoxy) is 2. The summed E-state index contributed by atoms with van der Waals surface area (Å²) in [6, 6.07) is 10.2. The van der Waals surface area contributed by atoms with Crippen molar-refractivity contribution in [2.24, 2.45) is 0 Å². The molecule has 1 saturated carbocycles. The molecule has 4 nitrogen and oxygen atoms in total. The van der Waals surface area contributed by atoms with Gasteiger partial charge in [-0.3, -0.25) is 4.98 Å². The molecule has 0 bridgehead atoms. The lowest BCUT2D eigenvalue weighted by atomic mass is 10.2. The third kappa shape index (κ3) is 4.82. The molecule has 1 aromatic carbocycles. The van der Waals surface area contributed by atoms with Crippen LogP contribution in [0.25, 0.3) is 0 Å². The predicted octanol–water partition coefficient (Wildman–Crippen LogP) is 4.35. The number of benzene rings is 1. The minimum atomic E-state index is 0.306. The summed E-state index contributed by atoms with van der Waals surface area (Å²) in [4.78, 5) is 6.51. The molecule has 0 radical (unpaired) electrons. The molecule has 1 aliphatic rings. The highest BCUT2D eigenvalue weighted by atomic mass is 32.1. The highest BCUT2D eigenvalue weighted by Crippen LogP contribution is 2.35. The number of methoxy groups -OCH3 is 1. The highest BCUT2D eigenvalue weighted by molar-refractivity contribution is 7.80. The van der Waals surface area contributed by atoms with E-state index in [1.165, 1.54) is 18.4 Å². The van der Waals surface area contributed by atoms with E-state index >= 15 is 0 Å². The Labute approximate surface area is 155 Å². The van der Waals surface area contributed by atoms with Gasteiger partial charge >= 0.3 is 0 Å². The monoisotopic (exact) mass is 358 g/mol. The van der Waals surface area contributed by atoms with E-state index in [1.54, 1.807) is 13.3 Å². The largest absolute Gasteiger partial charge is 0.493 e. The van der Waals surface area contributed by atoms with E-state index < -0.39 is 0 Å². The van der Waals surface area contributed by atoms with Gasteiger partial charge in [-0.15, -0.1) is 0 Å². The molecule has 0 saturated heterocycles. The second-order valence-electron chi connectivity index (χ2n) is 6.37. The molecule has 134 valence electrons. The van der Waals surface area contributed by atoms with Crippen LogP contribution < -0.4 is 14.4 Å². The maximum atomic E-state index is 6.23. The normalized spacial score (nSPS) is 14.5. The van der Waals surface area contributed by atoms with Crippen molar-refractivity contribution >= 4 is 18.3 Å². The first-order valence-electron chi connectivity index (χ1n) is 8.89. The van der Waals surface area contributed by atoms with Gasteiger partial charge < -0.3 is 14.4 Å². The summed E-state index contributed by atoms with van der Waals surface area (Å²) in [5, 5.41) is 0. The predicted molar refractivity (Wildman–Crippen MR) is 105 cm³/mol. The van der Waals surface area contributed by atoms with Crippen LogP contribution in [0.4, 0.5) is 5.69 Å². The van der Waals surface area contributed by atoms with Crippen molar-refractivity contribution in [3.63, 3.8) is 0 Å². The molecule has 1 aliphatic carbocycles. The Kier molecular flexibility index (Phi) is 6.45. The lowest BCUT2D eigenvalue weighted by Gasteiger charge is -2.26. The number of nitrogens with zero attached hydrogens (tertiary/aromatic N) is 2. The molecule has 0 atom stereocenters. The van der Waals surface area contributed by atoms with E-state index in [0.29, 0.717) is 6.10 Å². The first-order chi connectivity index (χ1) is 12.3. The van der Waals surface area contributed by atoms with E-state index in [1.807, 2.05) is 18.3 Å². The Hall–Kier alpha value is -1.88. The Morgan fingerprint density at radius 3 is 2.72 bits per heavy atom. The number of pyridine rings is 1. The second kappa shape index (κ2) is 8.99. The number of thiol groups is 1. The van der Waals surface area contributed by atoms with Crippen LogP contribution in [0.5, 0.6) is 11.5 Å². The molecular weight excluding hydrogens is 332 g/mol. The topological polar surface area (TPSA) is 34.6 Å². The Bertz CT molecular complexity index is 660. The lowest BCUT2D eigenvalue weighted by molar-refractivity contribution is 0.201. The maximum absolute atomic E-state index is 6.23. The summed E-state index contributed by atoms with van der Waals surface area (Å²) >= 11 is 4.42. The first kappa shape index (κ1) is 17.9.